The lowest BCUT2D eigenvalue weighted by molar-refractivity contribution is 0.425. The van der Waals surface area contributed by atoms with Gasteiger partial charge in [-0.15, -0.1) is 0 Å². The summed E-state index contributed by atoms with van der Waals surface area (Å²) in [5.41, 5.74) is 4.97. The Morgan fingerprint density at radius 3 is 1.88 bits per heavy atom. The van der Waals surface area contributed by atoms with Gasteiger partial charge in [0.2, 0.25) is 0 Å². The minimum absolute atomic E-state index is 0.541. The van der Waals surface area contributed by atoms with E-state index in [1.54, 1.807) is 0 Å². The molecule has 86 valence electrons. The summed E-state index contributed by atoms with van der Waals surface area (Å²) >= 11 is 0. The van der Waals surface area contributed by atoms with Crippen molar-refractivity contribution in [1.29, 1.82) is 0 Å². The standard InChI is InChI=1S/C14H15BO2/c1-10-8-13(15(16)17)9-11(2)14(10)12-6-4-3-5-7-12/h3-9,16-17H,1-2H3. The fourth-order valence-corrected chi connectivity index (χ4v) is 2.21. The van der Waals surface area contributed by atoms with Crippen molar-refractivity contribution in [2.45, 2.75) is 13.8 Å². The fraction of sp³-hybridized carbons (Fsp3) is 0.143. The molecule has 3 heteroatoms. The largest absolute Gasteiger partial charge is 0.488 e. The Labute approximate surface area is 102 Å². The van der Waals surface area contributed by atoms with E-state index in [0.717, 1.165) is 22.3 Å². The van der Waals surface area contributed by atoms with E-state index in [1.807, 2.05) is 44.2 Å². The van der Waals surface area contributed by atoms with Gasteiger partial charge in [-0.2, -0.15) is 0 Å². The lowest BCUT2D eigenvalue weighted by atomic mass is 9.77. The highest BCUT2D eigenvalue weighted by molar-refractivity contribution is 6.58. The quantitative estimate of drug-likeness (QED) is 0.764. The molecule has 0 bridgehead atoms. The molecule has 0 aliphatic heterocycles. The molecule has 0 atom stereocenters. The molecule has 0 amide bonds. The van der Waals surface area contributed by atoms with Gasteiger partial charge in [0.25, 0.3) is 0 Å². The number of aryl methyl sites for hydroxylation is 2. The molecule has 0 heterocycles. The van der Waals surface area contributed by atoms with Crippen LogP contribution in [0.4, 0.5) is 0 Å². The molecule has 0 spiro atoms. The molecule has 17 heavy (non-hydrogen) atoms. The summed E-state index contributed by atoms with van der Waals surface area (Å²) in [4.78, 5) is 0. The number of benzene rings is 2. The Bertz CT molecular complexity index is 498. The second kappa shape index (κ2) is 4.74. The highest BCUT2D eigenvalue weighted by atomic mass is 16.4. The maximum Gasteiger partial charge on any atom is 0.488 e. The first-order valence-corrected chi connectivity index (χ1v) is 5.62. The predicted octanol–water partition coefficient (Wildman–Crippen LogP) is 1.65. The molecule has 0 fully saturated rings. The smallest absolute Gasteiger partial charge is 0.423 e. The maximum atomic E-state index is 9.19. The van der Waals surface area contributed by atoms with Gasteiger partial charge >= 0.3 is 7.12 Å². The van der Waals surface area contributed by atoms with E-state index in [0.29, 0.717) is 5.46 Å². The molecular formula is C14H15BO2. The van der Waals surface area contributed by atoms with Crippen LogP contribution < -0.4 is 5.46 Å². The van der Waals surface area contributed by atoms with E-state index in [2.05, 4.69) is 12.1 Å². The van der Waals surface area contributed by atoms with Crippen LogP contribution in [0.25, 0.3) is 11.1 Å². The number of hydrogen-bond acceptors (Lipinski definition) is 2. The zero-order valence-electron chi connectivity index (χ0n) is 10.0. The van der Waals surface area contributed by atoms with Gasteiger partial charge in [0.15, 0.2) is 0 Å². The van der Waals surface area contributed by atoms with E-state index in [4.69, 9.17) is 0 Å². The van der Waals surface area contributed by atoms with Crippen LogP contribution in [0.1, 0.15) is 11.1 Å². The van der Waals surface area contributed by atoms with Crippen molar-refractivity contribution >= 4 is 12.6 Å². The van der Waals surface area contributed by atoms with Crippen LogP contribution in [0.5, 0.6) is 0 Å². The Morgan fingerprint density at radius 2 is 1.41 bits per heavy atom. The zero-order valence-corrected chi connectivity index (χ0v) is 10.0. The highest BCUT2D eigenvalue weighted by Crippen LogP contribution is 2.25. The molecule has 0 radical (unpaired) electrons. The second-order valence-corrected chi connectivity index (χ2v) is 4.27. The van der Waals surface area contributed by atoms with E-state index in [-0.39, 0.29) is 0 Å². The van der Waals surface area contributed by atoms with E-state index >= 15 is 0 Å². The molecule has 2 N–H and O–H groups in total. The summed E-state index contributed by atoms with van der Waals surface area (Å²) in [6.45, 7) is 3.97. The first-order chi connectivity index (χ1) is 8.09. The summed E-state index contributed by atoms with van der Waals surface area (Å²) < 4.78 is 0. The predicted molar refractivity (Wildman–Crippen MR) is 71.2 cm³/mol. The lowest BCUT2D eigenvalue weighted by Crippen LogP contribution is -2.30. The minimum atomic E-state index is -1.41. The molecule has 0 saturated heterocycles. The minimum Gasteiger partial charge on any atom is -0.423 e. The molecule has 2 aromatic rings. The Hall–Kier alpha value is -1.58. The molecule has 0 unspecified atom stereocenters. The third-order valence-electron chi connectivity index (χ3n) is 2.92. The molecule has 2 nitrogen and oxygen atoms in total. The summed E-state index contributed by atoms with van der Waals surface area (Å²) in [5, 5.41) is 18.4. The fourth-order valence-electron chi connectivity index (χ4n) is 2.21. The highest BCUT2D eigenvalue weighted by Gasteiger charge is 2.14. The van der Waals surface area contributed by atoms with Crippen LogP contribution in [0.3, 0.4) is 0 Å². The van der Waals surface area contributed by atoms with Crippen LogP contribution in [-0.2, 0) is 0 Å². The van der Waals surface area contributed by atoms with Crippen molar-refractivity contribution in [3.63, 3.8) is 0 Å². The average molecular weight is 226 g/mol. The van der Waals surface area contributed by atoms with Gasteiger partial charge in [0.1, 0.15) is 0 Å². The summed E-state index contributed by atoms with van der Waals surface area (Å²) in [6, 6.07) is 13.8. The number of rotatable bonds is 2. The van der Waals surface area contributed by atoms with Gasteiger partial charge in [0.05, 0.1) is 0 Å². The van der Waals surface area contributed by atoms with Gasteiger partial charge in [-0.05, 0) is 41.6 Å². The van der Waals surface area contributed by atoms with Crippen molar-refractivity contribution in [2.75, 3.05) is 0 Å². The van der Waals surface area contributed by atoms with Crippen LogP contribution >= 0.6 is 0 Å². The maximum absolute atomic E-state index is 9.19. The van der Waals surface area contributed by atoms with E-state index in [1.165, 1.54) is 0 Å². The first kappa shape index (κ1) is 11.9. The van der Waals surface area contributed by atoms with Gasteiger partial charge in [-0.25, -0.2) is 0 Å². The van der Waals surface area contributed by atoms with Gasteiger partial charge < -0.3 is 10.0 Å². The zero-order chi connectivity index (χ0) is 12.4. The van der Waals surface area contributed by atoms with Crippen LogP contribution in [0, 0.1) is 13.8 Å². The third-order valence-corrected chi connectivity index (χ3v) is 2.92. The number of hydrogen-bond donors (Lipinski definition) is 2. The molecule has 0 aromatic heterocycles. The Balaban J connectivity index is 2.57. The summed E-state index contributed by atoms with van der Waals surface area (Å²) in [7, 11) is -1.41. The van der Waals surface area contributed by atoms with Crippen molar-refractivity contribution in [1.82, 2.24) is 0 Å². The second-order valence-electron chi connectivity index (χ2n) is 4.27. The van der Waals surface area contributed by atoms with Crippen LogP contribution in [0.15, 0.2) is 42.5 Å². The van der Waals surface area contributed by atoms with Gasteiger partial charge in [-0.3, -0.25) is 0 Å². The van der Waals surface area contributed by atoms with Crippen molar-refractivity contribution in [3.05, 3.63) is 53.6 Å². The van der Waals surface area contributed by atoms with E-state index in [9.17, 15) is 10.0 Å². The molecule has 2 aromatic carbocycles. The van der Waals surface area contributed by atoms with Gasteiger partial charge in [-0.1, -0.05) is 42.5 Å². The molecule has 0 aliphatic rings. The monoisotopic (exact) mass is 226 g/mol. The van der Waals surface area contributed by atoms with Gasteiger partial charge in [0, 0.05) is 0 Å². The third kappa shape index (κ3) is 2.41. The Morgan fingerprint density at radius 1 is 0.882 bits per heavy atom. The molecule has 0 saturated carbocycles. The Kier molecular flexibility index (Phi) is 3.32. The SMILES string of the molecule is Cc1cc(B(O)O)cc(C)c1-c1ccccc1. The summed E-state index contributed by atoms with van der Waals surface area (Å²) in [6.07, 6.45) is 0. The molecule has 0 aliphatic carbocycles. The van der Waals surface area contributed by atoms with Crippen molar-refractivity contribution in [3.8, 4) is 11.1 Å². The van der Waals surface area contributed by atoms with Crippen LogP contribution in [0.2, 0.25) is 0 Å². The normalized spacial score (nSPS) is 10.4. The summed E-state index contributed by atoms with van der Waals surface area (Å²) in [5.74, 6) is 0. The van der Waals surface area contributed by atoms with Crippen LogP contribution in [-0.4, -0.2) is 17.2 Å². The first-order valence-electron chi connectivity index (χ1n) is 5.62. The van der Waals surface area contributed by atoms with Crippen molar-refractivity contribution < 1.29 is 10.0 Å². The van der Waals surface area contributed by atoms with E-state index < -0.39 is 7.12 Å². The molecular weight excluding hydrogens is 211 g/mol. The van der Waals surface area contributed by atoms with Crippen molar-refractivity contribution in [2.24, 2.45) is 0 Å². The average Bonchev–Trinajstić information content (AvgIpc) is 2.29. The molecule has 2 rings (SSSR count). The lowest BCUT2D eigenvalue weighted by Gasteiger charge is -2.12. The topological polar surface area (TPSA) is 40.5 Å².